The van der Waals surface area contributed by atoms with E-state index in [0.29, 0.717) is 30.1 Å². The Morgan fingerprint density at radius 2 is 1.12 bits per heavy atom. The standard InChI is InChI=1S/C22H24FN11O8P2S2.C21H24FN9O8P2S2/c23-12-17-11(41-22(12)34-7-28-15-18(24)25-5-26-20(15)34)4-40-43(36,45)39-3-9-8(2-38-44(37,46)42-17)1-10(9)33-6-27-14-16(35)13-19(29-21(14)33)31-32-30-13;22-13-16-12(38-21(13)31-8-28-14-17(23)24-5-25-18(14)31)4-37-40(33,42)36-3-10-9(2-35-41(34,43)39-16)1-11(10)30-7-29-15-19(30)26-6-27-20(15)32/h5-13,17,22H,1-4H2,(H,36,45)(H,37,46)(H2,24,25,26)(H,29,30,31);5-13,16,21H,1-4H2,(H,33,42)(H,34,43)(H2,23,24,25)(H,26,27,32)/t8-,9-,10-,11-,12-,13?,17-,22-,43?,44?;9-,10-,11-,12-,13-,16-,21-,40?,41?/m11/s1. The van der Waals surface area contributed by atoms with E-state index in [1.54, 1.807) is 9.13 Å². The molecule has 6 aliphatic heterocycles. The van der Waals surface area contributed by atoms with Crippen molar-refractivity contribution in [3.05, 3.63) is 60.3 Å². The van der Waals surface area contributed by atoms with E-state index in [1.807, 2.05) is 0 Å². The summed E-state index contributed by atoms with van der Waals surface area (Å²) in [6, 6.07) is -1.43. The van der Waals surface area contributed by atoms with Crippen LogP contribution < -0.4 is 22.5 Å². The van der Waals surface area contributed by atoms with Gasteiger partial charge in [-0.2, -0.15) is 5.11 Å². The van der Waals surface area contributed by atoms with Crippen molar-refractivity contribution >= 4 is 137 Å². The van der Waals surface area contributed by atoms with Crippen molar-refractivity contribution in [3.8, 4) is 0 Å². The SMILES string of the molecule is Nc1ncnc2c1ncn2[C@@H]1O[C@@H]2COP(O)(=S)OC[C@@H]3[C@@H](COP(=O)(S)O[C@H]2[C@H]1F)C[C@H]3n1cnc2c(=O)[nH]cnc21.Nc1ncnc2c1ncn2[C@@H]1O[C@@H]2COP(O)(=S)OC[C@@H]3[C@@H](COP(O)(=S)O[C@H]2[C@H]1F)C[C@H]3n1cnc2c1N=C1NN=NC1C2=O. The van der Waals surface area contributed by atoms with Gasteiger partial charge in [0.15, 0.2) is 82.3 Å². The number of carbonyl (C=O) groups is 1. The summed E-state index contributed by atoms with van der Waals surface area (Å²) in [4.78, 5) is 102. The number of alkyl halides is 2. The van der Waals surface area contributed by atoms with E-state index in [4.69, 9.17) is 92.6 Å². The molecule has 7 aromatic rings. The lowest BCUT2D eigenvalue weighted by Crippen LogP contribution is -2.43. The van der Waals surface area contributed by atoms with Gasteiger partial charge >= 0.3 is 27.0 Å². The molecule has 8 aliphatic rings. The molecule has 89 heavy (non-hydrogen) atoms. The van der Waals surface area contributed by atoms with Crippen molar-refractivity contribution < 1.29 is 78.5 Å². The lowest BCUT2D eigenvalue weighted by Gasteiger charge is -2.45. The van der Waals surface area contributed by atoms with Crippen LogP contribution in [0.3, 0.4) is 0 Å². The van der Waals surface area contributed by atoms with Crippen LogP contribution in [0.4, 0.5) is 26.2 Å². The molecule has 0 spiro atoms. The summed E-state index contributed by atoms with van der Waals surface area (Å²) >= 11 is 19.9. The van der Waals surface area contributed by atoms with Gasteiger partial charge < -0.3 is 76.9 Å². The number of rotatable bonds is 4. The summed E-state index contributed by atoms with van der Waals surface area (Å²) in [5, 5.41) is 7.54. The van der Waals surface area contributed by atoms with Crippen LogP contribution in [0.1, 0.15) is 47.9 Å². The molecule has 15 rings (SSSR count). The number of Topliss-reactive ketones (excluding diaryl/α,β-unsaturated/α-hetero) is 1. The van der Waals surface area contributed by atoms with Gasteiger partial charge in [0.25, 0.3) is 5.56 Å². The lowest BCUT2D eigenvalue weighted by molar-refractivity contribution is -0.0427. The smallest absolute Gasteiger partial charge is 0.382 e. The van der Waals surface area contributed by atoms with Crippen LogP contribution in [-0.2, 0) is 85.6 Å². The number of imidazole rings is 4. The molecule has 13 heterocycles. The Kier molecular flexibility index (Phi) is 16.2. The van der Waals surface area contributed by atoms with Gasteiger partial charge in [0.05, 0.1) is 71.3 Å². The molecular weight excluding hydrogens is 1340 g/mol. The molecule has 0 amide bonds. The summed E-state index contributed by atoms with van der Waals surface area (Å²) in [6.45, 7) is -17.3. The van der Waals surface area contributed by atoms with Gasteiger partial charge in [-0.25, -0.2) is 68.6 Å². The second kappa shape index (κ2) is 23.5. The number of hydrogen-bond donors (Lipinski definition) is 8. The molecule has 0 bridgehead atoms. The number of ketones is 1. The van der Waals surface area contributed by atoms with Crippen LogP contribution in [0.25, 0.3) is 33.5 Å². The number of hydrogen-bond acceptors (Lipinski definition) is 31. The Labute approximate surface area is 517 Å². The van der Waals surface area contributed by atoms with E-state index < -0.39 is 95.4 Å². The topological polar surface area (TPSA) is 457 Å². The van der Waals surface area contributed by atoms with Gasteiger partial charge in [0, 0.05) is 23.9 Å². The number of aliphatic imine (C=N–C) groups is 1. The Hall–Kier alpha value is -5.13. The van der Waals surface area contributed by atoms with Crippen molar-refractivity contribution in [2.75, 3.05) is 51.1 Å². The number of nitrogens with two attached hydrogens (primary N) is 2. The zero-order valence-corrected chi connectivity index (χ0v) is 52.0. The molecule has 2 saturated carbocycles. The second-order valence-electron chi connectivity index (χ2n) is 21.4. The van der Waals surface area contributed by atoms with Gasteiger partial charge in [0.2, 0.25) is 5.78 Å². The first kappa shape index (κ1) is 61.4. The van der Waals surface area contributed by atoms with E-state index >= 15 is 8.78 Å². The first-order valence-corrected chi connectivity index (χ1v) is 37.2. The fraction of sp³-hybridized carbons (Fsp3) is 0.535. The Bertz CT molecular complexity index is 4300. The van der Waals surface area contributed by atoms with Crippen molar-refractivity contribution in [2.24, 2.45) is 39.0 Å². The predicted molar refractivity (Wildman–Crippen MR) is 313 cm³/mol. The number of ether oxygens (including phenoxy) is 2. The summed E-state index contributed by atoms with van der Waals surface area (Å²) in [5.41, 5.74) is 15.5. The van der Waals surface area contributed by atoms with E-state index in [9.17, 15) is 28.8 Å². The number of nitrogens with one attached hydrogen (secondary N) is 2. The van der Waals surface area contributed by atoms with E-state index in [1.165, 1.54) is 53.4 Å². The molecule has 2 aliphatic carbocycles. The normalized spacial score (nSPS) is 38.2. The number of carbonyl (C=O) groups excluding carboxylic acids is 1. The molecule has 0 aromatic carbocycles. The lowest BCUT2D eigenvalue weighted by atomic mass is 9.70. The number of thiol groups is 1. The number of halogens is 2. The largest absolute Gasteiger partial charge is 0.386 e. The molecular formula is C43H48F2N20O16P4S4. The molecule has 7 aromatic heterocycles. The van der Waals surface area contributed by atoms with E-state index in [-0.39, 0.29) is 119 Å². The first-order valence-electron chi connectivity index (χ1n) is 26.8. The van der Waals surface area contributed by atoms with Crippen molar-refractivity contribution in [1.29, 1.82) is 0 Å². The van der Waals surface area contributed by atoms with Crippen LogP contribution >= 0.6 is 39.2 Å². The average molecular weight is 1390 g/mol. The second-order valence-corrected chi connectivity index (χ2v) is 32.7. The minimum absolute atomic E-state index is 0.0709. The molecule has 0 radical (unpaired) electrons. The molecule has 19 atom stereocenters. The number of amidine groups is 1. The predicted octanol–water partition coefficient (Wildman–Crippen LogP) is 2.82. The minimum atomic E-state index is -4.16. The third kappa shape index (κ3) is 11.5. The van der Waals surface area contributed by atoms with Crippen LogP contribution in [0, 0.1) is 23.7 Å². The fourth-order valence-corrected chi connectivity index (χ4v) is 17.1. The van der Waals surface area contributed by atoms with Crippen LogP contribution in [0.5, 0.6) is 0 Å². The van der Waals surface area contributed by atoms with Crippen LogP contribution in [-0.4, -0.2) is 177 Å². The highest BCUT2D eigenvalue weighted by molar-refractivity contribution is 8.44. The molecule has 474 valence electrons. The van der Waals surface area contributed by atoms with Gasteiger partial charge in [-0.1, -0.05) is 17.5 Å². The quantitative estimate of drug-likeness (QED) is 0.0927. The number of fused-ring (bicyclic) bond motifs is 9. The molecule has 5 unspecified atom stereocenters. The van der Waals surface area contributed by atoms with Crippen LogP contribution in [0.15, 0.2) is 64.4 Å². The summed E-state index contributed by atoms with van der Waals surface area (Å²) in [7, 11) is 0. The highest BCUT2D eigenvalue weighted by Crippen LogP contribution is 2.60. The van der Waals surface area contributed by atoms with Gasteiger partial charge in [-0.3, -0.25) is 27.8 Å². The summed E-state index contributed by atoms with van der Waals surface area (Å²) < 4.78 is 109. The third-order valence-corrected chi connectivity index (χ3v) is 22.7. The first-order chi connectivity index (χ1) is 42.5. The molecule has 36 nitrogen and oxygen atoms in total. The van der Waals surface area contributed by atoms with Gasteiger partial charge in [0.1, 0.15) is 48.1 Å². The summed E-state index contributed by atoms with van der Waals surface area (Å²) in [6.07, 6.45) is -1.77. The maximum Gasteiger partial charge on any atom is 0.386 e. The van der Waals surface area contributed by atoms with Crippen molar-refractivity contribution in [2.45, 2.75) is 80.2 Å². The minimum Gasteiger partial charge on any atom is -0.382 e. The average Bonchev–Trinajstić information content (AvgIpc) is 1.71. The van der Waals surface area contributed by atoms with Gasteiger partial charge in [-0.05, 0) is 60.1 Å². The van der Waals surface area contributed by atoms with E-state index in [0.717, 1.165) is 0 Å². The number of nitrogens with zero attached hydrogens (tertiary/aromatic N) is 16. The van der Waals surface area contributed by atoms with E-state index in [2.05, 4.69) is 82.8 Å². The zero-order valence-electron chi connectivity index (χ0n) is 45.0. The maximum absolute atomic E-state index is 16.1. The Morgan fingerprint density at radius 1 is 0.618 bits per heavy atom. The monoisotopic (exact) mass is 1390 g/mol. The zero-order chi connectivity index (χ0) is 62.1. The maximum atomic E-state index is 16.1. The molecule has 4 saturated heterocycles. The number of anilines is 2. The number of H-pyrrole nitrogens is 1. The Morgan fingerprint density at radius 3 is 1.73 bits per heavy atom. The van der Waals surface area contributed by atoms with Crippen molar-refractivity contribution in [3.63, 3.8) is 0 Å². The molecule has 9 N–H and O–H groups in total. The fourth-order valence-electron chi connectivity index (χ4n) is 11.8. The third-order valence-electron chi connectivity index (χ3n) is 16.4. The van der Waals surface area contributed by atoms with Crippen LogP contribution in [0.2, 0.25) is 0 Å². The number of nitrogen functional groups attached to an aromatic ring is 2. The highest BCUT2D eigenvalue weighted by atomic mass is 32.7. The number of aromatic amines is 1. The molecule has 6 fully saturated rings. The number of aromatic nitrogens is 14. The van der Waals surface area contributed by atoms with Gasteiger partial charge in [-0.15, -0.1) is 0 Å². The summed E-state index contributed by atoms with van der Waals surface area (Å²) in [5.74, 6) is -0.798. The van der Waals surface area contributed by atoms with Crippen molar-refractivity contribution in [1.82, 2.24) is 73.5 Å². The molecule has 46 heteroatoms. The Balaban J connectivity index is 0.000000156. The highest BCUT2D eigenvalue weighted by Gasteiger charge is 2.55.